The third kappa shape index (κ3) is 2.63. The fraction of sp³-hybridized carbons (Fsp3) is 0.214. The van der Waals surface area contributed by atoms with Crippen molar-refractivity contribution in [2.45, 2.75) is 20.0 Å². The molecule has 0 N–H and O–H groups in total. The predicted octanol–water partition coefficient (Wildman–Crippen LogP) is 0.890. The van der Waals surface area contributed by atoms with Gasteiger partial charge in [0.2, 0.25) is 0 Å². The first-order valence-electron chi connectivity index (χ1n) is 5.85. The zero-order valence-corrected chi connectivity index (χ0v) is 10.5. The number of aromatic nitrogens is 2. The first-order valence-corrected chi connectivity index (χ1v) is 5.85. The standard InChI is InChI=1S/C14H13N3O2/c1-11-4-2-3-5-12(11)10-17-13(18)6-8-16(9-7-15)14(17)19/h2-6,8H,9-10H2,1H3. The molecule has 96 valence electrons. The van der Waals surface area contributed by atoms with E-state index >= 15 is 0 Å². The van der Waals surface area contributed by atoms with Crippen molar-refractivity contribution in [3.8, 4) is 6.07 Å². The van der Waals surface area contributed by atoms with Gasteiger partial charge in [-0.2, -0.15) is 5.26 Å². The summed E-state index contributed by atoms with van der Waals surface area (Å²) in [5.41, 5.74) is 1.11. The minimum absolute atomic E-state index is 0.0626. The van der Waals surface area contributed by atoms with Gasteiger partial charge in [0.05, 0.1) is 12.6 Å². The molecule has 0 radical (unpaired) electrons. The Morgan fingerprint density at radius 1 is 1.21 bits per heavy atom. The van der Waals surface area contributed by atoms with Crippen molar-refractivity contribution in [3.63, 3.8) is 0 Å². The first kappa shape index (κ1) is 12.8. The van der Waals surface area contributed by atoms with Crippen molar-refractivity contribution in [2.75, 3.05) is 0 Å². The largest absolute Gasteiger partial charge is 0.332 e. The van der Waals surface area contributed by atoms with Crippen LogP contribution >= 0.6 is 0 Å². The van der Waals surface area contributed by atoms with Gasteiger partial charge in [0.25, 0.3) is 5.56 Å². The molecule has 0 unspecified atom stereocenters. The van der Waals surface area contributed by atoms with Crippen LogP contribution in [-0.2, 0) is 13.1 Å². The van der Waals surface area contributed by atoms with E-state index in [9.17, 15) is 9.59 Å². The number of benzene rings is 1. The van der Waals surface area contributed by atoms with Crippen molar-refractivity contribution in [1.82, 2.24) is 9.13 Å². The summed E-state index contributed by atoms with van der Waals surface area (Å²) >= 11 is 0. The van der Waals surface area contributed by atoms with E-state index in [2.05, 4.69) is 0 Å². The summed E-state index contributed by atoms with van der Waals surface area (Å²) in [6.07, 6.45) is 1.35. The molecule has 0 aliphatic carbocycles. The molecule has 0 aliphatic rings. The molecule has 0 bridgehead atoms. The van der Waals surface area contributed by atoms with Gasteiger partial charge in [-0.1, -0.05) is 24.3 Å². The van der Waals surface area contributed by atoms with Gasteiger partial charge < -0.3 is 0 Å². The number of nitrogens with zero attached hydrogens (tertiary/aromatic N) is 3. The highest BCUT2D eigenvalue weighted by atomic mass is 16.2. The van der Waals surface area contributed by atoms with Crippen LogP contribution < -0.4 is 11.2 Å². The molecule has 0 amide bonds. The molecule has 1 aromatic carbocycles. The van der Waals surface area contributed by atoms with E-state index in [1.807, 2.05) is 37.3 Å². The Kier molecular flexibility index (Phi) is 3.62. The maximum Gasteiger partial charge on any atom is 0.332 e. The Hall–Kier alpha value is -2.61. The average molecular weight is 255 g/mol. The monoisotopic (exact) mass is 255 g/mol. The molecule has 19 heavy (non-hydrogen) atoms. The molecular weight excluding hydrogens is 242 g/mol. The highest BCUT2D eigenvalue weighted by molar-refractivity contribution is 5.25. The van der Waals surface area contributed by atoms with E-state index < -0.39 is 5.69 Å². The molecule has 2 aromatic rings. The number of rotatable bonds is 3. The van der Waals surface area contributed by atoms with Gasteiger partial charge in [-0.15, -0.1) is 0 Å². The SMILES string of the molecule is Cc1ccccc1Cn1c(=O)ccn(CC#N)c1=O. The number of nitriles is 1. The van der Waals surface area contributed by atoms with Gasteiger partial charge in [-0.25, -0.2) is 4.79 Å². The van der Waals surface area contributed by atoms with Crippen LogP contribution in [-0.4, -0.2) is 9.13 Å². The van der Waals surface area contributed by atoms with E-state index in [-0.39, 0.29) is 18.6 Å². The van der Waals surface area contributed by atoms with Gasteiger partial charge in [0.1, 0.15) is 6.54 Å². The molecule has 0 fully saturated rings. The van der Waals surface area contributed by atoms with Crippen LogP contribution in [0.2, 0.25) is 0 Å². The van der Waals surface area contributed by atoms with Gasteiger partial charge in [0.15, 0.2) is 0 Å². The van der Waals surface area contributed by atoms with Crippen LogP contribution in [0.4, 0.5) is 0 Å². The van der Waals surface area contributed by atoms with Crippen LogP contribution in [0, 0.1) is 18.3 Å². The topological polar surface area (TPSA) is 67.8 Å². The molecule has 5 nitrogen and oxygen atoms in total. The van der Waals surface area contributed by atoms with Crippen molar-refractivity contribution < 1.29 is 0 Å². The predicted molar refractivity (Wildman–Crippen MR) is 70.9 cm³/mol. The fourth-order valence-corrected chi connectivity index (χ4v) is 1.86. The third-order valence-electron chi connectivity index (χ3n) is 2.97. The lowest BCUT2D eigenvalue weighted by Crippen LogP contribution is -2.39. The van der Waals surface area contributed by atoms with Crippen LogP contribution in [0.25, 0.3) is 0 Å². The molecule has 0 saturated carbocycles. The van der Waals surface area contributed by atoms with Crippen LogP contribution in [0.15, 0.2) is 46.1 Å². The third-order valence-corrected chi connectivity index (χ3v) is 2.97. The van der Waals surface area contributed by atoms with Crippen molar-refractivity contribution >= 4 is 0 Å². The minimum atomic E-state index is -0.461. The molecule has 1 aromatic heterocycles. The van der Waals surface area contributed by atoms with Crippen LogP contribution in [0.5, 0.6) is 0 Å². The maximum absolute atomic E-state index is 12.1. The van der Waals surface area contributed by atoms with E-state index in [1.165, 1.54) is 16.8 Å². The summed E-state index contributed by atoms with van der Waals surface area (Å²) in [4.78, 5) is 23.8. The average Bonchev–Trinajstić information content (AvgIpc) is 2.40. The van der Waals surface area contributed by atoms with Gasteiger partial charge in [0, 0.05) is 12.3 Å². The molecule has 5 heteroatoms. The van der Waals surface area contributed by atoms with Crippen LogP contribution in [0.3, 0.4) is 0 Å². The molecular formula is C14H13N3O2. The van der Waals surface area contributed by atoms with Crippen molar-refractivity contribution in [2.24, 2.45) is 0 Å². The van der Waals surface area contributed by atoms with Gasteiger partial charge in [-0.05, 0) is 18.1 Å². The summed E-state index contributed by atoms with van der Waals surface area (Å²) in [5.74, 6) is 0. The van der Waals surface area contributed by atoms with Crippen molar-refractivity contribution in [1.29, 1.82) is 5.26 Å². The Bertz CT molecular complexity index is 750. The summed E-state index contributed by atoms with van der Waals surface area (Å²) in [6, 6.07) is 10.8. The van der Waals surface area contributed by atoms with Crippen LogP contribution in [0.1, 0.15) is 11.1 Å². The van der Waals surface area contributed by atoms with E-state index in [0.29, 0.717) is 0 Å². The minimum Gasteiger partial charge on any atom is -0.287 e. The highest BCUT2D eigenvalue weighted by Gasteiger charge is 2.06. The molecule has 0 saturated heterocycles. The Balaban J connectivity index is 2.49. The summed E-state index contributed by atoms with van der Waals surface area (Å²) in [5, 5.41) is 8.64. The summed E-state index contributed by atoms with van der Waals surface area (Å²) < 4.78 is 2.36. The lowest BCUT2D eigenvalue weighted by Gasteiger charge is -2.09. The normalized spacial score (nSPS) is 10.1. The zero-order valence-electron chi connectivity index (χ0n) is 10.5. The number of hydrogen-bond donors (Lipinski definition) is 0. The maximum atomic E-state index is 12.1. The fourth-order valence-electron chi connectivity index (χ4n) is 1.86. The van der Waals surface area contributed by atoms with E-state index in [4.69, 9.17) is 5.26 Å². The highest BCUT2D eigenvalue weighted by Crippen LogP contribution is 2.06. The lowest BCUT2D eigenvalue weighted by atomic mass is 10.1. The number of aryl methyl sites for hydroxylation is 1. The second-order valence-corrected chi connectivity index (χ2v) is 4.24. The van der Waals surface area contributed by atoms with Crippen molar-refractivity contribution in [3.05, 3.63) is 68.5 Å². The number of hydrogen-bond acceptors (Lipinski definition) is 3. The Morgan fingerprint density at radius 3 is 2.63 bits per heavy atom. The second kappa shape index (κ2) is 5.36. The molecule has 0 atom stereocenters. The van der Waals surface area contributed by atoms with E-state index in [0.717, 1.165) is 15.7 Å². The van der Waals surface area contributed by atoms with Gasteiger partial charge in [-0.3, -0.25) is 13.9 Å². The summed E-state index contributed by atoms with van der Waals surface area (Å²) in [6.45, 7) is 2.08. The van der Waals surface area contributed by atoms with Gasteiger partial charge >= 0.3 is 5.69 Å². The van der Waals surface area contributed by atoms with E-state index in [1.54, 1.807) is 0 Å². The zero-order chi connectivity index (χ0) is 13.8. The lowest BCUT2D eigenvalue weighted by molar-refractivity contribution is 0.619. The molecule has 1 heterocycles. The Labute approximate surface area is 110 Å². The Morgan fingerprint density at radius 2 is 1.95 bits per heavy atom. The quantitative estimate of drug-likeness (QED) is 0.818. The first-order chi connectivity index (χ1) is 9.13. The smallest absolute Gasteiger partial charge is 0.287 e. The summed E-state index contributed by atoms with van der Waals surface area (Å²) in [7, 11) is 0. The molecule has 2 rings (SSSR count). The second-order valence-electron chi connectivity index (χ2n) is 4.24. The molecule has 0 aliphatic heterocycles. The molecule has 0 spiro atoms.